The number of nitrogens with zero attached hydrogens (tertiary/aromatic N) is 1. The number of likely N-dealkylation sites (N-methyl/N-ethyl adjacent to an activating group) is 1. The molecule has 0 aliphatic rings. The Bertz CT molecular complexity index is 317. The van der Waals surface area contributed by atoms with E-state index in [9.17, 15) is 9.59 Å². The van der Waals surface area contributed by atoms with Gasteiger partial charge in [-0.1, -0.05) is 27.0 Å². The summed E-state index contributed by atoms with van der Waals surface area (Å²) in [6, 6.07) is 0. The Morgan fingerprint density at radius 2 is 1.69 bits per heavy atom. The van der Waals surface area contributed by atoms with Crippen LogP contribution in [0.15, 0.2) is 24.3 Å². The van der Waals surface area contributed by atoms with Crippen LogP contribution in [0, 0.1) is 5.92 Å². The Morgan fingerprint density at radius 3 is 2.06 bits per heavy atom. The molecule has 0 rings (SSSR count). The van der Waals surface area contributed by atoms with Crippen LogP contribution in [0.5, 0.6) is 0 Å². The summed E-state index contributed by atoms with van der Waals surface area (Å²) in [5.41, 5.74) is 0.255. The van der Waals surface area contributed by atoms with E-state index in [2.05, 4.69) is 18.5 Å². The molecule has 0 aromatic carbocycles. The lowest BCUT2D eigenvalue weighted by atomic mass is 10.1. The molecule has 0 heterocycles. The van der Waals surface area contributed by atoms with Crippen molar-refractivity contribution in [3.63, 3.8) is 0 Å². The summed E-state index contributed by atoms with van der Waals surface area (Å²) in [6.45, 7) is 11.7. The van der Waals surface area contributed by atoms with Crippen molar-refractivity contribution in [3.05, 3.63) is 24.3 Å². The largest absolute Gasteiger partial charge is 0.352 e. The predicted octanol–water partition coefficient (Wildman–Crippen LogP) is 0.959. The quantitative estimate of drug-likeness (QED) is 0.558. The molecule has 0 saturated carbocycles. The van der Waals surface area contributed by atoms with Gasteiger partial charge in [0.2, 0.25) is 0 Å². The molecule has 0 bridgehead atoms. The van der Waals surface area contributed by atoms with E-state index in [-0.39, 0.29) is 23.0 Å². The molecule has 0 aromatic heterocycles. The number of hydrogen-bond acceptors (Lipinski definition) is 2. The first-order valence-corrected chi connectivity index (χ1v) is 5.15. The minimum absolute atomic E-state index is 0.124. The van der Waals surface area contributed by atoms with E-state index < -0.39 is 0 Å². The lowest BCUT2D eigenvalue weighted by Gasteiger charge is -2.14. The zero-order valence-electron chi connectivity index (χ0n) is 10.5. The SMILES string of the molecule is C=C(C(=C)C(=O)N(C)C)C(=O)NCC(C)C. The molecule has 0 aromatic rings. The number of amides is 2. The molecule has 0 atom stereocenters. The smallest absolute Gasteiger partial charge is 0.253 e. The van der Waals surface area contributed by atoms with Gasteiger partial charge in [-0.25, -0.2) is 0 Å². The molecular weight excluding hydrogens is 204 g/mol. The molecule has 4 nitrogen and oxygen atoms in total. The van der Waals surface area contributed by atoms with Gasteiger partial charge in [-0.3, -0.25) is 9.59 Å². The first kappa shape index (κ1) is 14.4. The van der Waals surface area contributed by atoms with E-state index in [4.69, 9.17) is 0 Å². The van der Waals surface area contributed by atoms with Crippen molar-refractivity contribution in [2.75, 3.05) is 20.6 Å². The van der Waals surface area contributed by atoms with E-state index >= 15 is 0 Å². The maximum atomic E-state index is 11.6. The molecule has 90 valence electrons. The van der Waals surface area contributed by atoms with Gasteiger partial charge in [-0.2, -0.15) is 0 Å². The monoisotopic (exact) mass is 224 g/mol. The van der Waals surface area contributed by atoms with Crippen molar-refractivity contribution in [2.24, 2.45) is 5.92 Å². The van der Waals surface area contributed by atoms with Gasteiger partial charge in [-0.05, 0) is 5.92 Å². The predicted molar refractivity (Wildman–Crippen MR) is 64.8 cm³/mol. The average Bonchev–Trinajstić information content (AvgIpc) is 2.22. The molecule has 0 unspecified atom stereocenters. The second-order valence-corrected chi connectivity index (χ2v) is 4.26. The van der Waals surface area contributed by atoms with Crippen LogP contribution >= 0.6 is 0 Å². The summed E-state index contributed by atoms with van der Waals surface area (Å²) < 4.78 is 0. The molecule has 0 aliphatic heterocycles. The van der Waals surface area contributed by atoms with Crippen molar-refractivity contribution >= 4 is 11.8 Å². The maximum absolute atomic E-state index is 11.6. The molecule has 16 heavy (non-hydrogen) atoms. The minimum Gasteiger partial charge on any atom is -0.352 e. The van der Waals surface area contributed by atoms with E-state index in [1.54, 1.807) is 14.1 Å². The van der Waals surface area contributed by atoms with Crippen LogP contribution in [0.1, 0.15) is 13.8 Å². The van der Waals surface area contributed by atoms with Crippen molar-refractivity contribution in [1.29, 1.82) is 0 Å². The number of carbonyl (C=O) groups is 2. The molecule has 4 heteroatoms. The van der Waals surface area contributed by atoms with Gasteiger partial charge < -0.3 is 10.2 Å². The molecule has 0 radical (unpaired) electrons. The summed E-state index contributed by atoms with van der Waals surface area (Å²) >= 11 is 0. The van der Waals surface area contributed by atoms with Crippen LogP contribution in [-0.4, -0.2) is 37.4 Å². The lowest BCUT2D eigenvalue weighted by Crippen LogP contribution is -2.32. The minimum atomic E-state index is -0.339. The highest BCUT2D eigenvalue weighted by atomic mass is 16.2. The Balaban J connectivity index is 4.40. The summed E-state index contributed by atoms with van der Waals surface area (Å²) in [7, 11) is 3.21. The Kier molecular flexibility index (Phi) is 5.50. The zero-order chi connectivity index (χ0) is 12.9. The van der Waals surface area contributed by atoms with E-state index in [0.29, 0.717) is 12.5 Å². The summed E-state index contributed by atoms with van der Waals surface area (Å²) in [4.78, 5) is 24.5. The Labute approximate surface area is 97.0 Å². The standard InChI is InChI=1S/C12H20N2O2/c1-8(2)7-13-11(15)9(3)10(4)12(16)14(5)6/h8H,3-4,7H2,1-2,5-6H3,(H,13,15). The van der Waals surface area contributed by atoms with E-state index in [1.165, 1.54) is 4.90 Å². The highest BCUT2D eigenvalue weighted by Gasteiger charge is 2.17. The van der Waals surface area contributed by atoms with Gasteiger partial charge in [-0.15, -0.1) is 0 Å². The van der Waals surface area contributed by atoms with Crippen LogP contribution in [0.2, 0.25) is 0 Å². The molecule has 0 saturated heterocycles. The van der Waals surface area contributed by atoms with Gasteiger partial charge >= 0.3 is 0 Å². The molecule has 0 fully saturated rings. The molecule has 0 spiro atoms. The zero-order valence-corrected chi connectivity index (χ0v) is 10.5. The average molecular weight is 224 g/mol. The van der Waals surface area contributed by atoms with Crippen molar-refractivity contribution < 1.29 is 9.59 Å². The first-order valence-electron chi connectivity index (χ1n) is 5.15. The molecule has 1 N–H and O–H groups in total. The van der Waals surface area contributed by atoms with Crippen molar-refractivity contribution in [3.8, 4) is 0 Å². The fourth-order valence-electron chi connectivity index (χ4n) is 0.940. The fourth-order valence-corrected chi connectivity index (χ4v) is 0.940. The summed E-state index contributed by atoms with van der Waals surface area (Å²) in [5.74, 6) is -0.284. The normalized spacial score (nSPS) is 9.81. The number of rotatable bonds is 5. The van der Waals surface area contributed by atoms with E-state index in [0.717, 1.165) is 0 Å². The van der Waals surface area contributed by atoms with Crippen LogP contribution < -0.4 is 5.32 Å². The third kappa shape index (κ3) is 4.29. The number of hydrogen-bond donors (Lipinski definition) is 1. The van der Waals surface area contributed by atoms with Gasteiger partial charge in [0.25, 0.3) is 11.8 Å². The summed E-state index contributed by atoms with van der Waals surface area (Å²) in [6.07, 6.45) is 0. The highest BCUT2D eigenvalue weighted by Crippen LogP contribution is 2.08. The van der Waals surface area contributed by atoms with Crippen molar-refractivity contribution in [1.82, 2.24) is 10.2 Å². The molecule has 2 amide bonds. The highest BCUT2D eigenvalue weighted by molar-refractivity contribution is 6.09. The van der Waals surface area contributed by atoms with Crippen LogP contribution in [0.4, 0.5) is 0 Å². The second kappa shape index (κ2) is 6.10. The number of nitrogens with one attached hydrogen (secondary N) is 1. The van der Waals surface area contributed by atoms with Gasteiger partial charge in [0, 0.05) is 31.8 Å². The topological polar surface area (TPSA) is 49.4 Å². The second-order valence-electron chi connectivity index (χ2n) is 4.26. The van der Waals surface area contributed by atoms with E-state index in [1.807, 2.05) is 13.8 Å². The first-order chi connectivity index (χ1) is 7.27. The Hall–Kier alpha value is -1.58. The third-order valence-corrected chi connectivity index (χ3v) is 1.97. The maximum Gasteiger partial charge on any atom is 0.253 e. The molecular formula is C12H20N2O2. The van der Waals surface area contributed by atoms with Gasteiger partial charge in [0.1, 0.15) is 0 Å². The van der Waals surface area contributed by atoms with Crippen LogP contribution in [0.3, 0.4) is 0 Å². The van der Waals surface area contributed by atoms with Gasteiger partial charge in [0.15, 0.2) is 0 Å². The van der Waals surface area contributed by atoms with Gasteiger partial charge in [0.05, 0.1) is 0 Å². The number of carbonyl (C=O) groups excluding carboxylic acids is 2. The van der Waals surface area contributed by atoms with Crippen LogP contribution in [0.25, 0.3) is 0 Å². The van der Waals surface area contributed by atoms with Crippen molar-refractivity contribution in [2.45, 2.75) is 13.8 Å². The lowest BCUT2D eigenvalue weighted by molar-refractivity contribution is -0.125. The molecule has 0 aliphatic carbocycles. The third-order valence-electron chi connectivity index (χ3n) is 1.97. The summed E-state index contributed by atoms with van der Waals surface area (Å²) in [5, 5.41) is 2.69. The Morgan fingerprint density at radius 1 is 1.19 bits per heavy atom. The van der Waals surface area contributed by atoms with Crippen LogP contribution in [-0.2, 0) is 9.59 Å². The fraction of sp³-hybridized carbons (Fsp3) is 0.500.